The van der Waals surface area contributed by atoms with E-state index in [0.717, 1.165) is 25.6 Å². The Labute approximate surface area is 105 Å². The first-order valence-electron chi connectivity index (χ1n) is 6.86. The van der Waals surface area contributed by atoms with Gasteiger partial charge in [0, 0.05) is 19.1 Å². The molecule has 102 valence electrons. The van der Waals surface area contributed by atoms with Crippen LogP contribution in [-0.4, -0.2) is 62.0 Å². The molecule has 0 aromatic rings. The molecule has 0 amide bonds. The summed E-state index contributed by atoms with van der Waals surface area (Å²) in [7, 11) is 0. The molecule has 0 aliphatic carbocycles. The summed E-state index contributed by atoms with van der Waals surface area (Å²) >= 11 is 0. The summed E-state index contributed by atoms with van der Waals surface area (Å²) < 4.78 is 5.31. The van der Waals surface area contributed by atoms with E-state index in [1.165, 1.54) is 25.9 Å². The monoisotopic (exact) mass is 244 g/mol. The minimum atomic E-state index is 0.126. The van der Waals surface area contributed by atoms with Gasteiger partial charge >= 0.3 is 0 Å². The van der Waals surface area contributed by atoms with Crippen molar-refractivity contribution in [2.24, 2.45) is 5.92 Å². The Morgan fingerprint density at radius 2 is 2.24 bits per heavy atom. The molecule has 1 aliphatic heterocycles. The smallest absolute Gasteiger partial charge is 0.0698 e. The maximum absolute atomic E-state index is 8.62. The lowest BCUT2D eigenvalue weighted by atomic mass is 9.98. The fourth-order valence-corrected chi connectivity index (χ4v) is 2.28. The van der Waals surface area contributed by atoms with Crippen LogP contribution in [0.3, 0.4) is 0 Å². The lowest BCUT2D eigenvalue weighted by Gasteiger charge is -2.33. The van der Waals surface area contributed by atoms with Gasteiger partial charge in [-0.15, -0.1) is 0 Å². The molecule has 0 aromatic carbocycles. The van der Waals surface area contributed by atoms with Crippen molar-refractivity contribution in [2.75, 3.05) is 46.0 Å². The Morgan fingerprint density at radius 1 is 1.41 bits per heavy atom. The van der Waals surface area contributed by atoms with Crippen LogP contribution in [0.1, 0.15) is 26.7 Å². The van der Waals surface area contributed by atoms with Crippen LogP contribution in [0.25, 0.3) is 0 Å². The molecule has 1 unspecified atom stereocenters. The van der Waals surface area contributed by atoms with E-state index in [1.54, 1.807) is 0 Å². The molecule has 2 N–H and O–H groups in total. The molecule has 0 aromatic heterocycles. The average Bonchev–Trinajstić information content (AvgIpc) is 2.33. The number of nitrogens with one attached hydrogen (secondary N) is 1. The van der Waals surface area contributed by atoms with Crippen molar-refractivity contribution < 1.29 is 9.84 Å². The van der Waals surface area contributed by atoms with Gasteiger partial charge in [-0.3, -0.25) is 0 Å². The van der Waals surface area contributed by atoms with Crippen molar-refractivity contribution in [1.29, 1.82) is 0 Å². The predicted octanol–water partition coefficient (Wildman–Crippen LogP) is 0.705. The highest BCUT2D eigenvalue weighted by Crippen LogP contribution is 2.15. The van der Waals surface area contributed by atoms with Crippen LogP contribution in [0.4, 0.5) is 0 Å². The third kappa shape index (κ3) is 6.99. The molecule has 1 aliphatic rings. The Morgan fingerprint density at radius 3 is 2.94 bits per heavy atom. The van der Waals surface area contributed by atoms with Crippen molar-refractivity contribution in [3.8, 4) is 0 Å². The molecule has 1 fully saturated rings. The molecule has 0 saturated carbocycles. The summed E-state index contributed by atoms with van der Waals surface area (Å²) in [5.41, 5.74) is 0. The number of ether oxygens (including phenoxy) is 1. The molecule has 0 radical (unpaired) electrons. The quantitative estimate of drug-likeness (QED) is 0.617. The highest BCUT2D eigenvalue weighted by Gasteiger charge is 2.19. The Balaban J connectivity index is 2.10. The number of aliphatic hydroxyl groups is 1. The standard InChI is InChI=1S/C13H28N2O2/c1-12(2)14-10-13-4-3-5-15(11-13)6-8-17-9-7-16/h12-14,16H,3-11H2,1-2H3. The van der Waals surface area contributed by atoms with E-state index in [4.69, 9.17) is 9.84 Å². The number of hydrogen-bond donors (Lipinski definition) is 2. The average molecular weight is 244 g/mol. The molecule has 4 heteroatoms. The second-order valence-corrected chi connectivity index (χ2v) is 5.21. The van der Waals surface area contributed by atoms with Crippen molar-refractivity contribution in [2.45, 2.75) is 32.7 Å². The van der Waals surface area contributed by atoms with Crippen LogP contribution in [-0.2, 0) is 4.74 Å². The van der Waals surface area contributed by atoms with Gasteiger partial charge < -0.3 is 20.1 Å². The van der Waals surface area contributed by atoms with Gasteiger partial charge in [0.1, 0.15) is 0 Å². The van der Waals surface area contributed by atoms with Crippen LogP contribution in [0.2, 0.25) is 0 Å². The highest BCUT2D eigenvalue weighted by atomic mass is 16.5. The molecule has 1 heterocycles. The summed E-state index contributed by atoms with van der Waals surface area (Å²) in [5, 5.41) is 12.1. The van der Waals surface area contributed by atoms with Gasteiger partial charge in [0.2, 0.25) is 0 Å². The van der Waals surface area contributed by atoms with Gasteiger partial charge in [-0.25, -0.2) is 0 Å². The molecule has 17 heavy (non-hydrogen) atoms. The Bertz CT molecular complexity index is 188. The fourth-order valence-electron chi connectivity index (χ4n) is 2.28. The van der Waals surface area contributed by atoms with Crippen molar-refractivity contribution >= 4 is 0 Å². The van der Waals surface area contributed by atoms with Gasteiger partial charge in [0.15, 0.2) is 0 Å². The van der Waals surface area contributed by atoms with Crippen molar-refractivity contribution in [3.05, 3.63) is 0 Å². The predicted molar refractivity (Wildman–Crippen MR) is 70.2 cm³/mol. The third-order valence-corrected chi connectivity index (χ3v) is 3.21. The molecule has 4 nitrogen and oxygen atoms in total. The van der Waals surface area contributed by atoms with E-state index < -0.39 is 0 Å². The van der Waals surface area contributed by atoms with Crippen molar-refractivity contribution in [3.63, 3.8) is 0 Å². The summed E-state index contributed by atoms with van der Waals surface area (Å²) in [6.45, 7) is 10.2. The topological polar surface area (TPSA) is 44.7 Å². The van der Waals surface area contributed by atoms with E-state index in [9.17, 15) is 0 Å². The zero-order valence-corrected chi connectivity index (χ0v) is 11.3. The van der Waals surface area contributed by atoms with E-state index in [0.29, 0.717) is 12.6 Å². The highest BCUT2D eigenvalue weighted by molar-refractivity contribution is 4.75. The zero-order chi connectivity index (χ0) is 12.5. The van der Waals surface area contributed by atoms with Gasteiger partial charge in [0.25, 0.3) is 0 Å². The minimum absolute atomic E-state index is 0.126. The lowest BCUT2D eigenvalue weighted by Crippen LogP contribution is -2.42. The van der Waals surface area contributed by atoms with E-state index in [2.05, 4.69) is 24.1 Å². The second kappa shape index (κ2) is 8.86. The number of hydrogen-bond acceptors (Lipinski definition) is 4. The van der Waals surface area contributed by atoms with Gasteiger partial charge in [-0.05, 0) is 31.8 Å². The second-order valence-electron chi connectivity index (χ2n) is 5.21. The van der Waals surface area contributed by atoms with Crippen LogP contribution in [0, 0.1) is 5.92 Å². The number of nitrogens with zero attached hydrogens (tertiary/aromatic N) is 1. The first kappa shape index (κ1) is 14.9. The van der Waals surface area contributed by atoms with E-state index >= 15 is 0 Å². The van der Waals surface area contributed by atoms with Crippen LogP contribution in [0.15, 0.2) is 0 Å². The summed E-state index contributed by atoms with van der Waals surface area (Å²) in [6, 6.07) is 0.582. The number of piperidine rings is 1. The lowest BCUT2D eigenvalue weighted by molar-refractivity contribution is 0.0624. The maximum atomic E-state index is 8.62. The molecule has 1 atom stereocenters. The van der Waals surface area contributed by atoms with Crippen LogP contribution < -0.4 is 5.32 Å². The summed E-state index contributed by atoms with van der Waals surface area (Å²) in [4.78, 5) is 2.48. The number of rotatable bonds is 8. The molecule has 1 saturated heterocycles. The van der Waals surface area contributed by atoms with Gasteiger partial charge in [-0.1, -0.05) is 13.8 Å². The van der Waals surface area contributed by atoms with E-state index in [-0.39, 0.29) is 6.61 Å². The largest absolute Gasteiger partial charge is 0.394 e. The summed E-state index contributed by atoms with van der Waals surface area (Å²) in [5.74, 6) is 0.781. The van der Waals surface area contributed by atoms with Crippen LogP contribution in [0.5, 0.6) is 0 Å². The number of aliphatic hydroxyl groups excluding tert-OH is 1. The first-order chi connectivity index (χ1) is 8.22. The van der Waals surface area contributed by atoms with Gasteiger partial charge in [0.05, 0.1) is 19.8 Å². The Hall–Kier alpha value is -0.160. The molecular formula is C13H28N2O2. The van der Waals surface area contributed by atoms with Crippen LogP contribution >= 0.6 is 0 Å². The zero-order valence-electron chi connectivity index (χ0n) is 11.3. The molecular weight excluding hydrogens is 216 g/mol. The maximum Gasteiger partial charge on any atom is 0.0698 e. The minimum Gasteiger partial charge on any atom is -0.394 e. The SMILES string of the molecule is CC(C)NCC1CCCN(CCOCCO)C1. The number of likely N-dealkylation sites (tertiary alicyclic amines) is 1. The fraction of sp³-hybridized carbons (Fsp3) is 1.00. The molecule has 0 bridgehead atoms. The normalized spacial score (nSPS) is 22.2. The third-order valence-electron chi connectivity index (χ3n) is 3.21. The van der Waals surface area contributed by atoms with Crippen molar-refractivity contribution in [1.82, 2.24) is 10.2 Å². The first-order valence-corrected chi connectivity index (χ1v) is 6.86. The van der Waals surface area contributed by atoms with Gasteiger partial charge in [-0.2, -0.15) is 0 Å². The Kier molecular flexibility index (Phi) is 7.77. The molecule has 0 spiro atoms. The van der Waals surface area contributed by atoms with E-state index in [1.807, 2.05) is 0 Å². The molecule has 1 rings (SSSR count). The summed E-state index contributed by atoms with van der Waals surface area (Å²) in [6.07, 6.45) is 2.64.